The van der Waals surface area contributed by atoms with E-state index in [2.05, 4.69) is 22.0 Å². The van der Waals surface area contributed by atoms with Crippen molar-refractivity contribution < 1.29 is 32.7 Å². The summed E-state index contributed by atoms with van der Waals surface area (Å²) < 4.78 is 2.39. The number of benzene rings is 1. The summed E-state index contributed by atoms with van der Waals surface area (Å²) in [7, 11) is 0. The van der Waals surface area contributed by atoms with Gasteiger partial charge < -0.3 is 4.57 Å². The minimum atomic E-state index is -0.213. The SMILES string of the molecule is CCn1c(-c2ccc(Cl)cc2Br)[c-]cc(Cl)c1=O.[Y]. The average molecular weight is 435 g/mol. The minimum Gasteiger partial charge on any atom is -0.341 e. The molecule has 0 fully saturated rings. The smallest absolute Gasteiger partial charge is 0.212 e. The number of hydrogen-bond donors (Lipinski definition) is 0. The van der Waals surface area contributed by atoms with E-state index in [1.165, 1.54) is 6.07 Å². The van der Waals surface area contributed by atoms with Crippen molar-refractivity contribution in [3.63, 3.8) is 0 Å². The largest absolute Gasteiger partial charge is 0.341 e. The molecule has 0 aliphatic carbocycles. The third kappa shape index (κ3) is 3.71. The van der Waals surface area contributed by atoms with Crippen molar-refractivity contribution in [1.29, 1.82) is 0 Å². The Kier molecular flexibility index (Phi) is 6.75. The fourth-order valence-corrected chi connectivity index (χ4v) is 2.74. The fraction of sp³-hybridized carbons (Fsp3) is 0.154. The molecule has 19 heavy (non-hydrogen) atoms. The molecule has 2 nitrogen and oxygen atoms in total. The van der Waals surface area contributed by atoms with Crippen LogP contribution in [0.25, 0.3) is 11.3 Å². The van der Waals surface area contributed by atoms with Crippen molar-refractivity contribution in [3.8, 4) is 11.3 Å². The van der Waals surface area contributed by atoms with Gasteiger partial charge in [0.1, 0.15) is 0 Å². The number of pyridine rings is 1. The third-order valence-electron chi connectivity index (χ3n) is 2.56. The summed E-state index contributed by atoms with van der Waals surface area (Å²) in [5.74, 6) is 0. The molecule has 2 rings (SSSR count). The Morgan fingerprint density at radius 3 is 2.63 bits per heavy atom. The van der Waals surface area contributed by atoms with E-state index >= 15 is 0 Å². The Morgan fingerprint density at radius 2 is 2.05 bits per heavy atom. The summed E-state index contributed by atoms with van der Waals surface area (Å²) >= 11 is 15.2. The third-order valence-corrected chi connectivity index (χ3v) is 3.72. The second-order valence-electron chi connectivity index (χ2n) is 3.66. The molecule has 0 saturated carbocycles. The van der Waals surface area contributed by atoms with Gasteiger partial charge in [-0.3, -0.25) is 4.79 Å². The Hall–Kier alpha value is 0.334. The Morgan fingerprint density at radius 1 is 1.37 bits per heavy atom. The van der Waals surface area contributed by atoms with E-state index in [-0.39, 0.29) is 43.3 Å². The molecule has 2 aromatic rings. The first-order chi connectivity index (χ1) is 8.54. The molecule has 1 aromatic heterocycles. The van der Waals surface area contributed by atoms with Crippen LogP contribution in [0.2, 0.25) is 10.0 Å². The maximum Gasteiger partial charge on any atom is 0.212 e. The standard InChI is InChI=1S/C13H9BrCl2NO.Y/c1-2-17-12(6-5-11(16)13(17)18)9-4-3-8(15)7-10(9)14;/h3-5,7H,2H2,1H3;/q-1;. The number of hydrogen-bond acceptors (Lipinski definition) is 1. The van der Waals surface area contributed by atoms with E-state index in [4.69, 9.17) is 23.2 Å². The van der Waals surface area contributed by atoms with Gasteiger partial charge in [0.25, 0.3) is 0 Å². The van der Waals surface area contributed by atoms with Crippen molar-refractivity contribution in [2.75, 3.05) is 0 Å². The van der Waals surface area contributed by atoms with Crippen LogP contribution < -0.4 is 5.56 Å². The van der Waals surface area contributed by atoms with E-state index in [1.54, 1.807) is 16.7 Å². The molecule has 0 N–H and O–H groups in total. The summed E-state index contributed by atoms with van der Waals surface area (Å²) in [5, 5.41) is 0.802. The normalized spacial score (nSPS) is 10.1. The van der Waals surface area contributed by atoms with E-state index in [0.717, 1.165) is 10.0 Å². The first-order valence-electron chi connectivity index (χ1n) is 5.31. The van der Waals surface area contributed by atoms with Crippen LogP contribution >= 0.6 is 39.1 Å². The summed E-state index contributed by atoms with van der Waals surface area (Å²) in [4.78, 5) is 11.9. The van der Waals surface area contributed by atoms with Gasteiger partial charge in [0.15, 0.2) is 0 Å². The fourth-order valence-electron chi connectivity index (χ4n) is 1.71. The van der Waals surface area contributed by atoms with Crippen LogP contribution in [0.15, 0.2) is 33.5 Å². The average Bonchev–Trinajstić information content (AvgIpc) is 2.33. The predicted octanol–water partition coefficient (Wildman–Crippen LogP) is 4.40. The second kappa shape index (κ2) is 7.37. The van der Waals surface area contributed by atoms with E-state index in [1.807, 2.05) is 13.0 Å². The molecule has 0 aliphatic heterocycles. The second-order valence-corrected chi connectivity index (χ2v) is 5.36. The molecule has 0 saturated heterocycles. The monoisotopic (exact) mass is 433 g/mol. The van der Waals surface area contributed by atoms with Gasteiger partial charge in [-0.25, -0.2) is 0 Å². The molecule has 1 heterocycles. The van der Waals surface area contributed by atoms with Crippen LogP contribution in [0, 0.1) is 6.07 Å². The van der Waals surface area contributed by atoms with Crippen molar-refractivity contribution in [3.05, 3.63) is 55.2 Å². The summed E-state index contributed by atoms with van der Waals surface area (Å²) in [5.41, 5.74) is 1.33. The molecule has 1 aromatic carbocycles. The van der Waals surface area contributed by atoms with Crippen LogP contribution in [0.4, 0.5) is 0 Å². The molecule has 1 radical (unpaired) electrons. The van der Waals surface area contributed by atoms with Crippen LogP contribution in [-0.4, -0.2) is 4.57 Å². The van der Waals surface area contributed by atoms with Gasteiger partial charge in [0.2, 0.25) is 5.56 Å². The zero-order valence-corrected chi connectivity index (χ0v) is 16.0. The molecular weight excluding hydrogens is 426 g/mol. The number of halogens is 3. The van der Waals surface area contributed by atoms with Crippen LogP contribution in [0.3, 0.4) is 0 Å². The van der Waals surface area contributed by atoms with Gasteiger partial charge in [-0.1, -0.05) is 44.9 Å². The Labute approximate surface area is 155 Å². The van der Waals surface area contributed by atoms with Gasteiger partial charge in [0, 0.05) is 49.3 Å². The number of aromatic nitrogens is 1. The number of nitrogens with zero attached hydrogens (tertiary/aromatic N) is 1. The van der Waals surface area contributed by atoms with Crippen LogP contribution in [0.5, 0.6) is 0 Å². The predicted molar refractivity (Wildman–Crippen MR) is 78.4 cm³/mol. The van der Waals surface area contributed by atoms with Gasteiger partial charge in [-0.05, 0) is 17.5 Å². The van der Waals surface area contributed by atoms with Gasteiger partial charge >= 0.3 is 0 Å². The van der Waals surface area contributed by atoms with Crippen molar-refractivity contribution in [2.24, 2.45) is 0 Å². The van der Waals surface area contributed by atoms with Crippen molar-refractivity contribution >= 4 is 39.1 Å². The Bertz CT molecular complexity index is 658. The zero-order chi connectivity index (χ0) is 13.3. The topological polar surface area (TPSA) is 22.0 Å². The summed E-state index contributed by atoms with van der Waals surface area (Å²) in [6.07, 6.45) is 0. The van der Waals surface area contributed by atoms with Gasteiger partial charge in [0.05, 0.1) is 0 Å². The maximum absolute atomic E-state index is 11.9. The quantitative estimate of drug-likeness (QED) is 0.642. The zero-order valence-electron chi connectivity index (χ0n) is 10.1. The van der Waals surface area contributed by atoms with Crippen LogP contribution in [0.1, 0.15) is 6.92 Å². The Balaban J connectivity index is 0.00000180. The van der Waals surface area contributed by atoms with E-state index < -0.39 is 0 Å². The van der Waals surface area contributed by atoms with Crippen molar-refractivity contribution in [1.82, 2.24) is 4.57 Å². The maximum atomic E-state index is 11.9. The van der Waals surface area contributed by atoms with Gasteiger partial charge in [-0.15, -0.1) is 6.07 Å². The first kappa shape index (κ1) is 17.4. The molecule has 0 unspecified atom stereocenters. The number of rotatable bonds is 2. The molecule has 0 aliphatic rings. The van der Waals surface area contributed by atoms with E-state index in [0.29, 0.717) is 17.3 Å². The molecular formula is C13H9BrCl2NOY-. The molecule has 0 atom stereocenters. The van der Waals surface area contributed by atoms with Crippen LogP contribution in [-0.2, 0) is 39.3 Å². The molecule has 0 spiro atoms. The minimum absolute atomic E-state index is 0. The summed E-state index contributed by atoms with van der Waals surface area (Å²) in [6, 6.07) is 9.92. The molecule has 97 valence electrons. The molecule has 6 heteroatoms. The first-order valence-corrected chi connectivity index (χ1v) is 6.86. The van der Waals surface area contributed by atoms with Gasteiger partial charge in [-0.2, -0.15) is 23.7 Å². The summed E-state index contributed by atoms with van der Waals surface area (Å²) in [6.45, 7) is 2.42. The molecule has 0 bridgehead atoms. The molecule has 0 amide bonds. The van der Waals surface area contributed by atoms with Crippen molar-refractivity contribution in [2.45, 2.75) is 13.5 Å². The van der Waals surface area contributed by atoms with E-state index in [9.17, 15) is 4.79 Å².